The highest BCUT2D eigenvalue weighted by atomic mass is 19.1. The molecule has 0 radical (unpaired) electrons. The molecule has 1 N–H and O–H groups in total. The van der Waals surface area contributed by atoms with E-state index in [0.717, 1.165) is 0 Å². The van der Waals surface area contributed by atoms with Gasteiger partial charge in [0, 0.05) is 6.54 Å². The van der Waals surface area contributed by atoms with Crippen LogP contribution in [0.1, 0.15) is 18.9 Å². The number of hydrogen-bond donors (Lipinski definition) is 1. The van der Waals surface area contributed by atoms with Gasteiger partial charge in [-0.05, 0) is 18.6 Å². The van der Waals surface area contributed by atoms with Gasteiger partial charge in [-0.1, -0.05) is 13.0 Å². The fourth-order valence-corrected chi connectivity index (χ4v) is 1.60. The Labute approximate surface area is 98.9 Å². The van der Waals surface area contributed by atoms with Crippen LogP contribution in [-0.2, 0) is 4.79 Å². The number of aliphatic carboxylic acids is 1. The minimum absolute atomic E-state index is 0.109. The Balaban J connectivity index is 3.14. The molecule has 0 bridgehead atoms. The molecular weight excluding hydrogens is 223 g/mol. The molecule has 5 heteroatoms. The lowest BCUT2D eigenvalue weighted by molar-refractivity contribution is -0.135. The van der Waals surface area contributed by atoms with Crippen LogP contribution >= 0.6 is 0 Å². The van der Waals surface area contributed by atoms with Crippen LogP contribution in [0.25, 0.3) is 0 Å². The van der Waals surface area contributed by atoms with E-state index in [1.54, 1.807) is 12.1 Å². The minimum Gasteiger partial charge on any atom is -0.480 e. The first-order valence-electron chi connectivity index (χ1n) is 5.25. The summed E-state index contributed by atoms with van der Waals surface area (Å²) in [6.45, 7) is 2.11. The second-order valence-electron chi connectivity index (χ2n) is 3.56. The van der Waals surface area contributed by atoms with E-state index in [2.05, 4.69) is 0 Å². The molecule has 0 saturated heterocycles. The van der Waals surface area contributed by atoms with Crippen LogP contribution in [0.2, 0.25) is 0 Å². The maximum Gasteiger partial charge on any atom is 0.323 e. The van der Waals surface area contributed by atoms with Gasteiger partial charge < -0.3 is 10.0 Å². The molecular formula is C12H13FN2O2. The first-order valence-corrected chi connectivity index (χ1v) is 5.25. The topological polar surface area (TPSA) is 64.3 Å². The van der Waals surface area contributed by atoms with Crippen molar-refractivity contribution >= 4 is 11.7 Å². The summed E-state index contributed by atoms with van der Waals surface area (Å²) in [5.74, 6) is -1.64. The molecule has 90 valence electrons. The van der Waals surface area contributed by atoms with Crippen molar-refractivity contribution in [2.45, 2.75) is 13.3 Å². The quantitative estimate of drug-likeness (QED) is 0.849. The average Bonchev–Trinajstić information content (AvgIpc) is 2.27. The Morgan fingerprint density at radius 2 is 2.29 bits per heavy atom. The van der Waals surface area contributed by atoms with Crippen LogP contribution in [0, 0.1) is 17.1 Å². The van der Waals surface area contributed by atoms with Gasteiger partial charge in [0.15, 0.2) is 0 Å². The van der Waals surface area contributed by atoms with Gasteiger partial charge in [-0.15, -0.1) is 0 Å². The lowest BCUT2D eigenvalue weighted by Crippen LogP contribution is -2.31. The first-order chi connectivity index (χ1) is 8.10. The monoisotopic (exact) mass is 236 g/mol. The zero-order valence-electron chi connectivity index (χ0n) is 9.48. The fraction of sp³-hybridized carbons (Fsp3) is 0.333. The number of nitrogens with zero attached hydrogens (tertiary/aromatic N) is 2. The van der Waals surface area contributed by atoms with E-state index >= 15 is 0 Å². The molecule has 0 unspecified atom stereocenters. The summed E-state index contributed by atoms with van der Waals surface area (Å²) in [7, 11) is 0. The number of carboxylic acids is 1. The summed E-state index contributed by atoms with van der Waals surface area (Å²) in [4.78, 5) is 12.2. The molecule has 0 saturated carbocycles. The summed E-state index contributed by atoms with van der Waals surface area (Å²) in [6, 6.07) is 5.98. The van der Waals surface area contributed by atoms with Crippen molar-refractivity contribution in [2.75, 3.05) is 18.0 Å². The largest absolute Gasteiger partial charge is 0.480 e. The van der Waals surface area contributed by atoms with Crippen LogP contribution in [0.15, 0.2) is 18.2 Å². The zero-order valence-corrected chi connectivity index (χ0v) is 9.48. The summed E-state index contributed by atoms with van der Waals surface area (Å²) >= 11 is 0. The maximum atomic E-state index is 13.4. The molecule has 0 aliphatic carbocycles. The normalized spacial score (nSPS) is 9.71. The van der Waals surface area contributed by atoms with Crippen molar-refractivity contribution in [1.82, 2.24) is 0 Å². The number of halogens is 1. The maximum absolute atomic E-state index is 13.4. The zero-order chi connectivity index (χ0) is 12.8. The summed E-state index contributed by atoms with van der Waals surface area (Å²) in [6.07, 6.45) is 0.717. The molecule has 4 nitrogen and oxygen atoms in total. The smallest absolute Gasteiger partial charge is 0.323 e. The van der Waals surface area contributed by atoms with E-state index in [-0.39, 0.29) is 12.1 Å². The highest BCUT2D eigenvalue weighted by Crippen LogP contribution is 2.22. The average molecular weight is 236 g/mol. The highest BCUT2D eigenvalue weighted by molar-refractivity contribution is 5.75. The number of benzene rings is 1. The van der Waals surface area contributed by atoms with Crippen LogP contribution in [0.4, 0.5) is 10.1 Å². The van der Waals surface area contributed by atoms with Gasteiger partial charge in [-0.3, -0.25) is 4.79 Å². The van der Waals surface area contributed by atoms with E-state index in [1.807, 2.05) is 6.92 Å². The third kappa shape index (κ3) is 3.18. The molecule has 0 heterocycles. The highest BCUT2D eigenvalue weighted by Gasteiger charge is 2.16. The lowest BCUT2D eigenvalue weighted by Gasteiger charge is -2.23. The number of rotatable bonds is 5. The van der Waals surface area contributed by atoms with Gasteiger partial charge >= 0.3 is 5.97 Å². The van der Waals surface area contributed by atoms with E-state index in [9.17, 15) is 9.18 Å². The lowest BCUT2D eigenvalue weighted by atomic mass is 10.1. The Hall–Kier alpha value is -2.09. The van der Waals surface area contributed by atoms with Crippen molar-refractivity contribution in [2.24, 2.45) is 0 Å². The van der Waals surface area contributed by atoms with Crippen molar-refractivity contribution in [1.29, 1.82) is 5.26 Å². The second kappa shape index (κ2) is 5.85. The van der Waals surface area contributed by atoms with Gasteiger partial charge in [0.1, 0.15) is 24.0 Å². The molecule has 0 spiro atoms. The molecule has 1 aromatic carbocycles. The molecule has 0 amide bonds. The van der Waals surface area contributed by atoms with E-state index in [4.69, 9.17) is 10.4 Å². The SMILES string of the molecule is CCCN(CC(=O)O)c1cccc(F)c1C#N. The predicted molar refractivity (Wildman–Crippen MR) is 61.3 cm³/mol. The van der Waals surface area contributed by atoms with Crippen LogP contribution in [0.3, 0.4) is 0 Å². The van der Waals surface area contributed by atoms with Crippen molar-refractivity contribution in [3.63, 3.8) is 0 Å². The third-order valence-electron chi connectivity index (χ3n) is 2.26. The van der Waals surface area contributed by atoms with Crippen LogP contribution in [-0.4, -0.2) is 24.2 Å². The van der Waals surface area contributed by atoms with Gasteiger partial charge in [0.25, 0.3) is 0 Å². The van der Waals surface area contributed by atoms with Gasteiger partial charge in [0.05, 0.1) is 5.69 Å². The van der Waals surface area contributed by atoms with Gasteiger partial charge in [-0.2, -0.15) is 5.26 Å². The molecule has 0 fully saturated rings. The van der Waals surface area contributed by atoms with Gasteiger partial charge in [-0.25, -0.2) is 4.39 Å². The fourth-order valence-electron chi connectivity index (χ4n) is 1.60. The van der Waals surface area contributed by atoms with Crippen LogP contribution in [0.5, 0.6) is 0 Å². The molecule has 0 atom stereocenters. The molecule has 1 aromatic rings. The number of nitriles is 1. The molecule has 1 rings (SSSR count). The second-order valence-corrected chi connectivity index (χ2v) is 3.56. The number of carboxylic acid groups (broad SMARTS) is 1. The Kier molecular flexibility index (Phi) is 4.46. The van der Waals surface area contributed by atoms with E-state index < -0.39 is 11.8 Å². The standard InChI is InChI=1S/C12H13FN2O2/c1-2-6-15(8-12(16)17)11-5-3-4-10(13)9(11)7-14/h3-5H,2,6,8H2,1H3,(H,16,17). The summed E-state index contributed by atoms with van der Waals surface area (Å²) < 4.78 is 13.4. The predicted octanol–water partition coefficient (Wildman–Crippen LogP) is 2.00. The third-order valence-corrected chi connectivity index (χ3v) is 2.26. The van der Waals surface area contributed by atoms with Crippen LogP contribution < -0.4 is 4.90 Å². The number of hydrogen-bond acceptors (Lipinski definition) is 3. The van der Waals surface area contributed by atoms with E-state index in [1.165, 1.54) is 17.0 Å². The Bertz CT molecular complexity index is 454. The van der Waals surface area contributed by atoms with Gasteiger partial charge in [0.2, 0.25) is 0 Å². The van der Waals surface area contributed by atoms with Crippen molar-refractivity contribution in [3.05, 3.63) is 29.6 Å². The summed E-state index contributed by atoms with van der Waals surface area (Å²) in [5.41, 5.74) is 0.221. The Morgan fingerprint density at radius 3 is 2.82 bits per heavy atom. The number of anilines is 1. The van der Waals surface area contributed by atoms with Crippen molar-refractivity contribution in [3.8, 4) is 6.07 Å². The molecule has 17 heavy (non-hydrogen) atoms. The molecule has 0 aliphatic heterocycles. The van der Waals surface area contributed by atoms with E-state index in [0.29, 0.717) is 18.7 Å². The minimum atomic E-state index is -1.01. The Morgan fingerprint density at radius 1 is 1.59 bits per heavy atom. The molecule has 0 aromatic heterocycles. The molecule has 0 aliphatic rings. The number of carbonyl (C=O) groups is 1. The summed E-state index contributed by atoms with van der Waals surface area (Å²) in [5, 5.41) is 17.7. The first kappa shape index (κ1) is 13.0. The van der Waals surface area contributed by atoms with Crippen molar-refractivity contribution < 1.29 is 14.3 Å².